The topological polar surface area (TPSA) is 137 Å². The first-order valence-corrected chi connectivity index (χ1v) is 14.4. The second-order valence-electron chi connectivity index (χ2n) is 10.7. The second-order valence-corrected chi connectivity index (χ2v) is 12.3. The predicted octanol–water partition coefficient (Wildman–Crippen LogP) is 3.07. The molecule has 3 N–H and O–H groups in total. The Balaban J connectivity index is 0.00000103. The fourth-order valence-corrected chi connectivity index (χ4v) is 7.42. The number of nitrogens with one attached hydrogen (secondary N) is 1. The number of hydrogen-bond acceptors (Lipinski definition) is 8. The molecular weight excluding hydrogens is 556 g/mol. The highest BCUT2D eigenvalue weighted by atomic mass is 35.5. The lowest BCUT2D eigenvalue weighted by molar-refractivity contribution is -0.576. The number of rotatable bonds is 5. The van der Waals surface area contributed by atoms with Crippen molar-refractivity contribution < 1.29 is 29.3 Å². The van der Waals surface area contributed by atoms with Crippen molar-refractivity contribution in [3.05, 3.63) is 51.1 Å². The number of halogens is 1. The third-order valence-electron chi connectivity index (χ3n) is 7.91. The number of hydrogen-bond donors (Lipinski definition) is 3. The van der Waals surface area contributed by atoms with Crippen molar-refractivity contribution in [1.82, 2.24) is 10.2 Å². The number of nitrogens with zero attached hydrogens (tertiary/aromatic N) is 3. The average molecular weight is 587 g/mol. The summed E-state index contributed by atoms with van der Waals surface area (Å²) in [6, 6.07) is 7.87. The first-order valence-electron chi connectivity index (χ1n) is 13.2. The molecule has 2 atom stereocenters. The number of aryl methyl sites for hydroxylation is 1. The van der Waals surface area contributed by atoms with Crippen molar-refractivity contribution in [1.29, 1.82) is 0 Å². The summed E-state index contributed by atoms with van der Waals surface area (Å²) >= 11 is 8.07. The quantitative estimate of drug-likeness (QED) is 0.180. The first-order chi connectivity index (χ1) is 19.2. The van der Waals surface area contributed by atoms with Gasteiger partial charge in [-0.05, 0) is 43.9 Å². The van der Waals surface area contributed by atoms with Gasteiger partial charge in [0.2, 0.25) is 17.3 Å². The predicted molar refractivity (Wildman–Crippen MR) is 152 cm³/mol. The average Bonchev–Trinajstić information content (AvgIpc) is 3.63. The summed E-state index contributed by atoms with van der Waals surface area (Å²) in [7, 11) is 0. The van der Waals surface area contributed by atoms with Crippen LogP contribution < -0.4 is 14.9 Å². The molecular formula is C28H31ClN4O6S. The van der Waals surface area contributed by atoms with Crippen LogP contribution in [0.15, 0.2) is 30.5 Å². The number of carbonyl (C=O) groups is 3. The van der Waals surface area contributed by atoms with E-state index in [-0.39, 0.29) is 55.9 Å². The molecule has 0 spiro atoms. The van der Waals surface area contributed by atoms with Crippen LogP contribution in [0.1, 0.15) is 43.0 Å². The Morgan fingerprint density at radius 2 is 1.95 bits per heavy atom. The number of anilines is 1. The van der Waals surface area contributed by atoms with Gasteiger partial charge in [-0.25, -0.2) is 0 Å². The van der Waals surface area contributed by atoms with Crippen LogP contribution in [-0.2, 0) is 27.3 Å². The van der Waals surface area contributed by atoms with Gasteiger partial charge in [0, 0.05) is 76.4 Å². The van der Waals surface area contributed by atoms with Gasteiger partial charge in [-0.1, -0.05) is 11.6 Å². The lowest BCUT2D eigenvalue weighted by Crippen LogP contribution is -2.41. The van der Waals surface area contributed by atoms with Gasteiger partial charge in [0.25, 0.3) is 6.47 Å². The monoisotopic (exact) mass is 586 g/mol. The Hall–Kier alpha value is -3.25. The number of fused-ring (bicyclic) bond motifs is 2. The van der Waals surface area contributed by atoms with Crippen LogP contribution in [0.4, 0.5) is 5.69 Å². The molecule has 0 unspecified atom stereocenters. The highest BCUT2D eigenvalue weighted by Crippen LogP contribution is 2.45. The van der Waals surface area contributed by atoms with E-state index in [4.69, 9.17) is 21.5 Å². The van der Waals surface area contributed by atoms with Crippen LogP contribution in [-0.4, -0.2) is 64.7 Å². The molecule has 0 aliphatic carbocycles. The zero-order valence-electron chi connectivity index (χ0n) is 22.1. The molecule has 6 rings (SSSR count). The largest absolute Gasteiger partial charge is 0.618 e. The van der Waals surface area contributed by atoms with Crippen LogP contribution in [0.2, 0.25) is 5.02 Å². The van der Waals surface area contributed by atoms with Gasteiger partial charge in [-0.15, -0.1) is 11.3 Å². The third kappa shape index (κ3) is 5.26. The zero-order valence-corrected chi connectivity index (χ0v) is 23.6. The highest BCUT2D eigenvalue weighted by Gasteiger charge is 2.39. The van der Waals surface area contributed by atoms with Gasteiger partial charge in [0.05, 0.1) is 13.2 Å². The fourth-order valence-electron chi connectivity index (χ4n) is 6.01. The molecule has 2 aromatic heterocycles. The van der Waals surface area contributed by atoms with Gasteiger partial charge < -0.3 is 25.6 Å². The van der Waals surface area contributed by atoms with Gasteiger partial charge in [0.1, 0.15) is 4.70 Å². The molecule has 0 saturated carbocycles. The number of carbonyl (C=O) groups excluding carboxylic acids is 2. The maximum atomic E-state index is 12.8. The lowest BCUT2D eigenvalue weighted by atomic mass is 9.91. The minimum atomic E-state index is -0.309. The first kappa shape index (κ1) is 28.3. The normalized spacial score (nSPS) is 22.4. The number of thiophene rings is 1. The molecule has 3 aliphatic heterocycles. The van der Waals surface area contributed by atoms with Crippen molar-refractivity contribution in [2.75, 3.05) is 24.6 Å². The SMILES string of the molecule is C[C@]1(CO)C[C@H](N2CCCc3cc(Cl)cc(-c4cc[n+]([O-])c5cc(CN6C(=O)CCC6=O)sc45)c32)CN1.O=CO. The molecule has 40 heavy (non-hydrogen) atoms. The minimum absolute atomic E-state index is 0.0838. The fraction of sp³-hybridized carbons (Fsp3) is 0.429. The summed E-state index contributed by atoms with van der Waals surface area (Å²) < 4.78 is 1.65. The van der Waals surface area contributed by atoms with E-state index in [1.165, 1.54) is 28.0 Å². The number of benzene rings is 1. The van der Waals surface area contributed by atoms with E-state index in [9.17, 15) is 19.9 Å². The molecule has 5 heterocycles. The van der Waals surface area contributed by atoms with Crippen molar-refractivity contribution in [2.24, 2.45) is 0 Å². The van der Waals surface area contributed by atoms with Gasteiger partial charge >= 0.3 is 0 Å². The molecule has 3 aliphatic rings. The molecule has 2 amide bonds. The van der Waals surface area contributed by atoms with E-state index in [1.807, 2.05) is 18.2 Å². The maximum Gasteiger partial charge on any atom is 0.290 e. The second kappa shape index (κ2) is 11.3. The van der Waals surface area contributed by atoms with E-state index in [1.54, 1.807) is 6.07 Å². The number of aliphatic hydroxyl groups is 1. The lowest BCUT2D eigenvalue weighted by Gasteiger charge is -2.38. The molecule has 2 fully saturated rings. The van der Waals surface area contributed by atoms with Crippen molar-refractivity contribution >= 4 is 57.1 Å². The maximum absolute atomic E-state index is 12.8. The zero-order chi connectivity index (χ0) is 28.6. The Bertz CT molecular complexity index is 1460. The van der Waals surface area contributed by atoms with Crippen LogP contribution in [0, 0.1) is 5.21 Å². The van der Waals surface area contributed by atoms with Crippen LogP contribution >= 0.6 is 22.9 Å². The Morgan fingerprint density at radius 3 is 2.62 bits per heavy atom. The summed E-state index contributed by atoms with van der Waals surface area (Å²) in [6.45, 7) is 3.76. The molecule has 0 bridgehead atoms. The molecule has 0 radical (unpaired) electrons. The van der Waals surface area contributed by atoms with Crippen LogP contribution in [0.3, 0.4) is 0 Å². The standard InChI is InChI=1S/C27H29ClN4O4S.CH2O2/c1-27(15-33)12-18(13-29-27)30-7-2-3-16-9-17(28)10-21(25(16)30)20-6-8-32(36)22-11-19(37-26(20)22)14-31-23(34)4-5-24(31)35;2-1-3/h6,8-11,18,29,33H,2-5,7,12-15H2,1H3;1H,(H,2,3)/t18-,27+;/m0./s1. The number of carboxylic acid groups (broad SMARTS) is 1. The number of aromatic nitrogens is 1. The van der Waals surface area contributed by atoms with E-state index in [0.29, 0.717) is 10.5 Å². The number of likely N-dealkylation sites (tertiary alicyclic amines) is 1. The minimum Gasteiger partial charge on any atom is -0.618 e. The van der Waals surface area contributed by atoms with E-state index in [2.05, 4.69) is 17.1 Å². The molecule has 3 aromatic rings. The van der Waals surface area contributed by atoms with E-state index in [0.717, 1.165) is 63.5 Å². The highest BCUT2D eigenvalue weighted by molar-refractivity contribution is 7.19. The van der Waals surface area contributed by atoms with Crippen LogP contribution in [0.25, 0.3) is 21.3 Å². The number of imide groups is 1. The summed E-state index contributed by atoms with van der Waals surface area (Å²) in [5.41, 5.74) is 4.42. The number of pyridine rings is 1. The summed E-state index contributed by atoms with van der Waals surface area (Å²) in [6.07, 6.45) is 4.77. The van der Waals surface area contributed by atoms with Gasteiger partial charge in [0.15, 0.2) is 6.20 Å². The van der Waals surface area contributed by atoms with E-state index < -0.39 is 0 Å². The third-order valence-corrected chi connectivity index (χ3v) is 9.27. The molecule has 212 valence electrons. The van der Waals surface area contributed by atoms with E-state index >= 15 is 0 Å². The molecule has 1 aromatic carbocycles. The molecule has 10 nitrogen and oxygen atoms in total. The van der Waals surface area contributed by atoms with Gasteiger partial charge in [-0.2, -0.15) is 4.73 Å². The Labute approximate surface area is 240 Å². The van der Waals surface area contributed by atoms with Crippen molar-refractivity contribution in [3.63, 3.8) is 0 Å². The summed E-state index contributed by atoms with van der Waals surface area (Å²) in [5, 5.41) is 33.7. The smallest absolute Gasteiger partial charge is 0.290 e. The molecule has 12 heteroatoms. The van der Waals surface area contributed by atoms with Crippen molar-refractivity contribution in [2.45, 2.75) is 57.2 Å². The van der Waals surface area contributed by atoms with Crippen LogP contribution in [0.5, 0.6) is 0 Å². The number of aliphatic hydroxyl groups excluding tert-OH is 1. The molecule has 2 saturated heterocycles. The van der Waals surface area contributed by atoms with Crippen molar-refractivity contribution in [3.8, 4) is 11.1 Å². The summed E-state index contributed by atoms with van der Waals surface area (Å²) in [5.74, 6) is -0.338. The summed E-state index contributed by atoms with van der Waals surface area (Å²) in [4.78, 5) is 37.3. The Kier molecular flexibility index (Phi) is 8.01. The number of amides is 2. The Morgan fingerprint density at radius 1 is 1.23 bits per heavy atom. The van der Waals surface area contributed by atoms with Gasteiger partial charge in [-0.3, -0.25) is 19.3 Å².